The van der Waals surface area contributed by atoms with Crippen LogP contribution in [0, 0.1) is 0 Å². The van der Waals surface area contributed by atoms with E-state index < -0.39 is 74.9 Å². The van der Waals surface area contributed by atoms with Gasteiger partial charge in [-0.2, -0.15) is 0 Å². The molecule has 0 aromatic rings. The number of hydrogen-bond donors (Lipinski definition) is 9. The van der Waals surface area contributed by atoms with Crippen LogP contribution in [0.4, 0.5) is 0 Å². The van der Waals surface area contributed by atoms with Gasteiger partial charge in [0.15, 0.2) is 6.29 Å². The van der Waals surface area contributed by atoms with Gasteiger partial charge in [0.2, 0.25) is 0 Å². The molecule has 0 aromatic carbocycles. The molecule has 23 heavy (non-hydrogen) atoms. The lowest BCUT2D eigenvalue weighted by atomic mass is 9.99. The lowest BCUT2D eigenvalue weighted by Crippen LogP contribution is -2.59. The maximum atomic E-state index is 9.70. The van der Waals surface area contributed by atoms with Gasteiger partial charge in [0.1, 0.15) is 48.8 Å². The number of aliphatic hydroxyl groups is 9. The first-order chi connectivity index (χ1) is 10.7. The Bertz CT molecular complexity index is 341. The third-order valence-corrected chi connectivity index (χ3v) is 3.61. The minimum absolute atomic E-state index is 0.655. The summed E-state index contributed by atoms with van der Waals surface area (Å²) >= 11 is 0. The molecule has 1 heterocycles. The van der Waals surface area contributed by atoms with Crippen molar-refractivity contribution in [3.8, 4) is 0 Å². The fourth-order valence-corrected chi connectivity index (χ4v) is 2.06. The van der Waals surface area contributed by atoms with Crippen molar-refractivity contribution in [1.82, 2.24) is 0 Å². The van der Waals surface area contributed by atoms with E-state index >= 15 is 0 Å². The van der Waals surface area contributed by atoms with Crippen molar-refractivity contribution in [2.24, 2.45) is 0 Å². The molecule has 9 N–H and O–H groups in total. The molecule has 0 aliphatic carbocycles. The van der Waals surface area contributed by atoms with Crippen LogP contribution in [0.15, 0.2) is 0 Å². The standard InChI is InChI=1S/C12H24O11/c13-1-4(15)7(17)8(18)5(16)3-22-12-11(21)10(20)9(19)6(2-14)23-12/h4-21H,1-3H2/t4?,5?,6?,7?,8?,9-,10-,11?,12-/m1/s1. The van der Waals surface area contributed by atoms with Crippen molar-refractivity contribution in [3.63, 3.8) is 0 Å². The van der Waals surface area contributed by atoms with E-state index in [1.807, 2.05) is 0 Å². The van der Waals surface area contributed by atoms with Gasteiger partial charge >= 0.3 is 0 Å². The fourth-order valence-electron chi connectivity index (χ4n) is 2.06. The average molecular weight is 344 g/mol. The highest BCUT2D eigenvalue weighted by Crippen LogP contribution is 2.22. The normalized spacial score (nSPS) is 37.2. The Kier molecular flexibility index (Phi) is 8.20. The molecule has 0 aromatic heterocycles. The largest absolute Gasteiger partial charge is 0.394 e. The van der Waals surface area contributed by atoms with Crippen molar-refractivity contribution < 1.29 is 55.4 Å². The molecular formula is C12H24O11. The van der Waals surface area contributed by atoms with E-state index in [2.05, 4.69) is 0 Å². The van der Waals surface area contributed by atoms with Crippen molar-refractivity contribution in [2.45, 2.75) is 55.1 Å². The Balaban J connectivity index is 2.55. The van der Waals surface area contributed by atoms with Crippen molar-refractivity contribution >= 4 is 0 Å². The molecule has 1 rings (SSSR count). The maximum Gasteiger partial charge on any atom is 0.186 e. The van der Waals surface area contributed by atoms with Crippen LogP contribution in [0.1, 0.15) is 0 Å². The Labute approximate surface area is 131 Å². The van der Waals surface area contributed by atoms with E-state index in [1.165, 1.54) is 0 Å². The fraction of sp³-hybridized carbons (Fsp3) is 1.00. The van der Waals surface area contributed by atoms with Crippen LogP contribution in [-0.4, -0.2) is 121 Å². The highest BCUT2D eigenvalue weighted by molar-refractivity contribution is 4.89. The van der Waals surface area contributed by atoms with Gasteiger partial charge in [-0.25, -0.2) is 0 Å². The van der Waals surface area contributed by atoms with E-state index in [4.69, 9.17) is 19.7 Å². The van der Waals surface area contributed by atoms with Crippen LogP contribution in [0.25, 0.3) is 0 Å². The van der Waals surface area contributed by atoms with Gasteiger partial charge in [0, 0.05) is 0 Å². The second-order valence-electron chi connectivity index (χ2n) is 5.33. The van der Waals surface area contributed by atoms with Crippen LogP contribution in [0.5, 0.6) is 0 Å². The topological polar surface area (TPSA) is 201 Å². The molecular weight excluding hydrogens is 320 g/mol. The average Bonchev–Trinajstić information content (AvgIpc) is 2.56. The molecule has 1 saturated heterocycles. The summed E-state index contributed by atoms with van der Waals surface area (Å²) in [5.41, 5.74) is 0. The second-order valence-corrected chi connectivity index (χ2v) is 5.33. The van der Waals surface area contributed by atoms with Crippen LogP contribution < -0.4 is 0 Å². The van der Waals surface area contributed by atoms with Crippen LogP contribution in [0.3, 0.4) is 0 Å². The Morgan fingerprint density at radius 3 is 1.91 bits per heavy atom. The Morgan fingerprint density at radius 2 is 1.39 bits per heavy atom. The third-order valence-electron chi connectivity index (χ3n) is 3.61. The summed E-state index contributed by atoms with van der Waals surface area (Å²) in [6, 6.07) is 0. The van der Waals surface area contributed by atoms with E-state index in [0.717, 1.165) is 0 Å². The van der Waals surface area contributed by atoms with Gasteiger partial charge < -0.3 is 55.4 Å². The summed E-state index contributed by atoms with van der Waals surface area (Å²) in [7, 11) is 0. The molecule has 6 unspecified atom stereocenters. The maximum absolute atomic E-state index is 9.70. The van der Waals surface area contributed by atoms with Crippen LogP contribution in [0.2, 0.25) is 0 Å². The summed E-state index contributed by atoms with van der Waals surface area (Å²) < 4.78 is 9.99. The molecule has 0 amide bonds. The SMILES string of the molecule is OCC(O)C(O)C(O)C(O)CO[C@@H]1OC(CO)[C@@H](O)[C@@H](O)C1O. The Morgan fingerprint density at radius 1 is 0.826 bits per heavy atom. The van der Waals surface area contributed by atoms with E-state index in [1.54, 1.807) is 0 Å². The number of rotatable bonds is 8. The van der Waals surface area contributed by atoms with Crippen molar-refractivity contribution in [3.05, 3.63) is 0 Å². The molecule has 11 heteroatoms. The molecule has 138 valence electrons. The molecule has 11 nitrogen and oxygen atoms in total. The number of hydrogen-bond acceptors (Lipinski definition) is 11. The summed E-state index contributed by atoms with van der Waals surface area (Å²) in [6.07, 6.45) is -14.7. The van der Waals surface area contributed by atoms with Crippen molar-refractivity contribution in [1.29, 1.82) is 0 Å². The smallest absolute Gasteiger partial charge is 0.186 e. The van der Waals surface area contributed by atoms with Gasteiger partial charge in [-0.3, -0.25) is 0 Å². The second kappa shape index (κ2) is 9.15. The van der Waals surface area contributed by atoms with Gasteiger partial charge in [0.05, 0.1) is 19.8 Å². The first kappa shape index (κ1) is 20.6. The molecule has 0 bridgehead atoms. The van der Waals surface area contributed by atoms with Gasteiger partial charge in [-0.05, 0) is 0 Å². The molecule has 1 aliphatic rings. The molecule has 1 fully saturated rings. The van der Waals surface area contributed by atoms with Gasteiger partial charge in [0.25, 0.3) is 0 Å². The number of ether oxygens (including phenoxy) is 2. The quantitative estimate of drug-likeness (QED) is 0.203. The van der Waals surface area contributed by atoms with Crippen LogP contribution in [-0.2, 0) is 9.47 Å². The lowest BCUT2D eigenvalue weighted by molar-refractivity contribution is -0.306. The zero-order valence-electron chi connectivity index (χ0n) is 12.2. The molecule has 9 atom stereocenters. The highest BCUT2D eigenvalue weighted by atomic mass is 16.7. The highest BCUT2D eigenvalue weighted by Gasteiger charge is 2.44. The zero-order chi connectivity index (χ0) is 17.7. The van der Waals surface area contributed by atoms with Crippen molar-refractivity contribution in [2.75, 3.05) is 19.8 Å². The molecule has 0 radical (unpaired) electrons. The van der Waals surface area contributed by atoms with E-state index in [9.17, 15) is 35.7 Å². The predicted octanol–water partition coefficient (Wildman–Crippen LogP) is -5.76. The molecule has 0 spiro atoms. The monoisotopic (exact) mass is 344 g/mol. The van der Waals surface area contributed by atoms with Gasteiger partial charge in [-0.15, -0.1) is 0 Å². The third kappa shape index (κ3) is 5.01. The minimum Gasteiger partial charge on any atom is -0.394 e. The summed E-state index contributed by atoms with van der Waals surface area (Å²) in [6.45, 7) is -2.16. The van der Waals surface area contributed by atoms with Crippen LogP contribution >= 0.6 is 0 Å². The van der Waals surface area contributed by atoms with Gasteiger partial charge in [-0.1, -0.05) is 0 Å². The lowest BCUT2D eigenvalue weighted by Gasteiger charge is -2.40. The minimum atomic E-state index is -1.86. The summed E-state index contributed by atoms with van der Waals surface area (Å²) in [5.74, 6) is 0. The first-order valence-electron chi connectivity index (χ1n) is 6.99. The zero-order valence-corrected chi connectivity index (χ0v) is 12.2. The first-order valence-corrected chi connectivity index (χ1v) is 6.99. The summed E-state index contributed by atoms with van der Waals surface area (Å²) in [4.78, 5) is 0. The van der Waals surface area contributed by atoms with E-state index in [0.29, 0.717) is 0 Å². The Hall–Kier alpha value is -0.440. The summed E-state index contributed by atoms with van der Waals surface area (Å²) in [5, 5.41) is 84.4. The molecule has 0 saturated carbocycles. The predicted molar refractivity (Wildman–Crippen MR) is 70.8 cm³/mol. The van der Waals surface area contributed by atoms with E-state index in [-0.39, 0.29) is 0 Å². The number of aliphatic hydroxyl groups excluding tert-OH is 9. The molecule has 1 aliphatic heterocycles.